The Morgan fingerprint density at radius 1 is 1.38 bits per heavy atom. The van der Waals surface area contributed by atoms with E-state index in [-0.39, 0.29) is 18.1 Å². The lowest BCUT2D eigenvalue weighted by Gasteiger charge is -2.47. The van der Waals surface area contributed by atoms with Gasteiger partial charge in [-0.3, -0.25) is 4.79 Å². The van der Waals surface area contributed by atoms with Gasteiger partial charge in [0.2, 0.25) is 0 Å². The van der Waals surface area contributed by atoms with Crippen LogP contribution in [-0.2, 0) is 14.3 Å². The molecule has 3 rings (SSSR count). The molecule has 0 amide bonds. The van der Waals surface area contributed by atoms with Crippen LogP contribution in [0.4, 0.5) is 5.69 Å². The summed E-state index contributed by atoms with van der Waals surface area (Å²) in [4.78, 5) is 18.7. The summed E-state index contributed by atoms with van der Waals surface area (Å²) in [6.45, 7) is 6.91. The van der Waals surface area contributed by atoms with E-state index in [9.17, 15) is 4.79 Å². The molecule has 1 saturated heterocycles. The van der Waals surface area contributed by atoms with Gasteiger partial charge in [0.1, 0.15) is 17.9 Å². The van der Waals surface area contributed by atoms with Crippen molar-refractivity contribution in [1.29, 1.82) is 0 Å². The number of rotatable bonds is 4. The summed E-state index contributed by atoms with van der Waals surface area (Å²) >= 11 is 5.51. The van der Waals surface area contributed by atoms with Gasteiger partial charge in [-0.2, -0.15) is 0 Å². The molecule has 1 spiro atoms. The lowest BCUT2D eigenvalue weighted by molar-refractivity contribution is -0.146. The Bertz CT molecular complexity index is 720. The predicted octanol–water partition coefficient (Wildman–Crippen LogP) is 2.99. The molecule has 0 unspecified atom stereocenters. The number of nitrogens with zero attached hydrogens (tertiary/aromatic N) is 2. The number of esters is 1. The Balaban J connectivity index is 1.93. The van der Waals surface area contributed by atoms with Gasteiger partial charge in [0.05, 0.1) is 12.2 Å². The fourth-order valence-electron chi connectivity index (χ4n) is 3.70. The Morgan fingerprint density at radius 3 is 2.77 bits per heavy atom. The van der Waals surface area contributed by atoms with Crippen molar-refractivity contribution in [2.75, 3.05) is 25.1 Å². The lowest BCUT2D eigenvalue weighted by atomic mass is 9.79. The normalized spacial score (nSPS) is 24.5. The number of thiocarbonyl (C=S) groups is 1. The largest absolute Gasteiger partial charge is 0.465 e. The molecule has 6 nitrogen and oxygen atoms in total. The molecule has 26 heavy (non-hydrogen) atoms. The number of benzene rings is 1. The minimum atomic E-state index is -0.499. The third kappa shape index (κ3) is 3.73. The highest BCUT2D eigenvalue weighted by molar-refractivity contribution is 7.80. The summed E-state index contributed by atoms with van der Waals surface area (Å²) in [5.74, 6) is 0.476. The average Bonchev–Trinajstić information content (AvgIpc) is 2.80. The molecule has 0 radical (unpaired) electrons. The maximum absolute atomic E-state index is 12.2. The van der Waals surface area contributed by atoms with E-state index in [4.69, 9.17) is 21.7 Å². The first-order chi connectivity index (χ1) is 12.4. The standard InChI is InChI=1S/C19H25N3O3S/c1-4-24-15(23)12-22-17(26)21-16(20-14-8-6-5-7-9-14)19(22)10-11-25-18(2,3)13-19/h5-9H,4,10-13H2,1-3H3,(H,20,21,26)/t19-/m0/s1. The molecule has 0 aliphatic carbocycles. The highest BCUT2D eigenvalue weighted by Gasteiger charge is 2.53. The quantitative estimate of drug-likeness (QED) is 0.645. The zero-order valence-electron chi connectivity index (χ0n) is 15.4. The Labute approximate surface area is 159 Å². The first kappa shape index (κ1) is 18.8. The molecule has 1 aromatic rings. The minimum Gasteiger partial charge on any atom is -0.465 e. The van der Waals surface area contributed by atoms with Crippen LogP contribution in [0.15, 0.2) is 35.3 Å². The third-order valence-electron chi connectivity index (χ3n) is 4.75. The summed E-state index contributed by atoms with van der Waals surface area (Å²) in [6, 6.07) is 9.86. The number of anilines is 1. The number of nitrogens with one attached hydrogen (secondary N) is 1. The first-order valence-corrected chi connectivity index (χ1v) is 9.29. The van der Waals surface area contributed by atoms with Gasteiger partial charge in [0.15, 0.2) is 5.11 Å². The van der Waals surface area contributed by atoms with Crippen molar-refractivity contribution >= 4 is 34.8 Å². The van der Waals surface area contributed by atoms with Crippen molar-refractivity contribution in [3.05, 3.63) is 30.3 Å². The number of carbonyl (C=O) groups excluding carboxylic acids is 1. The molecule has 140 valence electrons. The van der Waals surface area contributed by atoms with Gasteiger partial charge in [-0.1, -0.05) is 18.2 Å². The molecule has 1 fully saturated rings. The highest BCUT2D eigenvalue weighted by Crippen LogP contribution is 2.41. The molecule has 2 aliphatic heterocycles. The number of hydrogen-bond acceptors (Lipinski definition) is 5. The maximum Gasteiger partial charge on any atom is 0.325 e. The minimum absolute atomic E-state index is 0.0895. The molecule has 1 atom stereocenters. The second kappa shape index (κ2) is 7.32. The van der Waals surface area contributed by atoms with Crippen LogP contribution in [0.25, 0.3) is 0 Å². The van der Waals surface area contributed by atoms with E-state index >= 15 is 0 Å². The van der Waals surface area contributed by atoms with Gasteiger partial charge in [-0.25, -0.2) is 4.99 Å². The van der Waals surface area contributed by atoms with Crippen molar-refractivity contribution in [2.24, 2.45) is 4.99 Å². The fourth-order valence-corrected chi connectivity index (χ4v) is 4.03. The Hall–Kier alpha value is -1.99. The van der Waals surface area contributed by atoms with Gasteiger partial charge in [-0.05, 0) is 45.1 Å². The predicted molar refractivity (Wildman–Crippen MR) is 105 cm³/mol. The fraction of sp³-hybridized carbons (Fsp3) is 0.526. The summed E-state index contributed by atoms with van der Waals surface area (Å²) in [6.07, 6.45) is 1.38. The van der Waals surface area contributed by atoms with Gasteiger partial charge in [0.25, 0.3) is 0 Å². The van der Waals surface area contributed by atoms with Crippen LogP contribution in [0.1, 0.15) is 33.6 Å². The molecule has 0 aromatic heterocycles. The van der Waals surface area contributed by atoms with Gasteiger partial charge >= 0.3 is 5.97 Å². The number of para-hydroxylation sites is 1. The van der Waals surface area contributed by atoms with Crippen molar-refractivity contribution in [3.63, 3.8) is 0 Å². The van der Waals surface area contributed by atoms with E-state index in [1.165, 1.54) is 0 Å². The second-order valence-electron chi connectivity index (χ2n) is 7.19. The Kier molecular flexibility index (Phi) is 5.29. The highest BCUT2D eigenvalue weighted by atomic mass is 32.1. The van der Waals surface area contributed by atoms with Gasteiger partial charge < -0.3 is 19.7 Å². The monoisotopic (exact) mass is 375 g/mol. The van der Waals surface area contributed by atoms with Crippen LogP contribution in [-0.4, -0.2) is 52.7 Å². The van der Waals surface area contributed by atoms with Crippen LogP contribution >= 0.6 is 12.2 Å². The van der Waals surface area contributed by atoms with E-state index in [0.717, 1.165) is 11.5 Å². The molecular weight excluding hydrogens is 350 g/mol. The van der Waals surface area contributed by atoms with Gasteiger partial charge in [0, 0.05) is 25.1 Å². The maximum atomic E-state index is 12.2. The lowest BCUT2D eigenvalue weighted by Crippen LogP contribution is -2.61. The molecule has 2 aliphatic rings. The molecular formula is C19H25N3O3S. The topological polar surface area (TPSA) is 63.2 Å². The number of hydrogen-bond donors (Lipinski definition) is 1. The SMILES string of the molecule is CCOC(=O)CN1C(=S)N=C(Nc2ccccc2)[C@@]12CCOC(C)(C)C2. The summed E-state index contributed by atoms with van der Waals surface area (Å²) in [5, 5.41) is 3.83. The molecule has 1 N–H and O–H groups in total. The van der Waals surface area contributed by atoms with Crippen LogP contribution in [0, 0.1) is 0 Å². The first-order valence-electron chi connectivity index (χ1n) is 8.89. The van der Waals surface area contributed by atoms with E-state index < -0.39 is 5.54 Å². The zero-order valence-corrected chi connectivity index (χ0v) is 16.3. The van der Waals surface area contributed by atoms with E-state index in [1.54, 1.807) is 6.92 Å². The van der Waals surface area contributed by atoms with Crippen molar-refractivity contribution in [3.8, 4) is 0 Å². The Morgan fingerprint density at radius 2 is 2.12 bits per heavy atom. The van der Waals surface area contributed by atoms with Crippen LogP contribution in [0.3, 0.4) is 0 Å². The van der Waals surface area contributed by atoms with Crippen LogP contribution in [0.2, 0.25) is 0 Å². The molecule has 2 heterocycles. The smallest absolute Gasteiger partial charge is 0.325 e. The third-order valence-corrected chi connectivity index (χ3v) is 5.06. The molecule has 7 heteroatoms. The van der Waals surface area contributed by atoms with Crippen LogP contribution < -0.4 is 5.32 Å². The van der Waals surface area contributed by atoms with Crippen molar-refractivity contribution in [1.82, 2.24) is 4.90 Å². The second-order valence-corrected chi connectivity index (χ2v) is 7.56. The van der Waals surface area contributed by atoms with E-state index in [1.807, 2.05) is 35.2 Å². The number of aliphatic imine (C=N–C) groups is 1. The van der Waals surface area contributed by atoms with Gasteiger partial charge in [-0.15, -0.1) is 0 Å². The molecule has 0 saturated carbocycles. The summed E-state index contributed by atoms with van der Waals surface area (Å²) in [5.41, 5.74) is 0.0989. The number of ether oxygens (including phenoxy) is 2. The van der Waals surface area contributed by atoms with Crippen molar-refractivity contribution in [2.45, 2.75) is 44.8 Å². The van der Waals surface area contributed by atoms with Crippen LogP contribution in [0.5, 0.6) is 0 Å². The average molecular weight is 375 g/mol. The summed E-state index contributed by atoms with van der Waals surface area (Å²) < 4.78 is 11.1. The zero-order chi connectivity index (χ0) is 18.8. The van der Waals surface area contributed by atoms with Crippen molar-refractivity contribution < 1.29 is 14.3 Å². The number of amidine groups is 1. The summed E-state index contributed by atoms with van der Waals surface area (Å²) in [7, 11) is 0. The molecule has 0 bridgehead atoms. The number of carbonyl (C=O) groups is 1. The van der Waals surface area contributed by atoms with E-state index in [0.29, 0.717) is 31.2 Å². The van der Waals surface area contributed by atoms with E-state index in [2.05, 4.69) is 24.2 Å². The molecule has 1 aromatic carbocycles.